The summed E-state index contributed by atoms with van der Waals surface area (Å²) in [6.45, 7) is 4.80. The van der Waals surface area contributed by atoms with Crippen LogP contribution in [-0.4, -0.2) is 87.4 Å². The van der Waals surface area contributed by atoms with Gasteiger partial charge in [0.2, 0.25) is 5.91 Å². The van der Waals surface area contributed by atoms with Crippen LogP contribution in [0.15, 0.2) is 72.8 Å². The Bertz CT molecular complexity index is 1670. The molecule has 52 heavy (non-hydrogen) atoms. The summed E-state index contributed by atoms with van der Waals surface area (Å²) in [5.41, 5.74) is 16.3. The summed E-state index contributed by atoms with van der Waals surface area (Å²) in [5, 5.41) is 8.19. The molecule has 14 heteroatoms. The molecule has 7 N–H and O–H groups in total. The van der Waals surface area contributed by atoms with Gasteiger partial charge in [0, 0.05) is 38.3 Å². The van der Waals surface area contributed by atoms with E-state index >= 15 is 0 Å². The number of nitrogens with zero attached hydrogens (tertiary/aromatic N) is 2. The van der Waals surface area contributed by atoms with Crippen LogP contribution in [0.5, 0.6) is 0 Å². The highest BCUT2D eigenvalue weighted by Crippen LogP contribution is 2.44. The number of alkyl carbamates (subject to hydrolysis) is 1. The number of benzene rings is 3. The smallest absolute Gasteiger partial charge is 0.409 e. The Morgan fingerprint density at radius 2 is 1.46 bits per heavy atom. The number of amides is 6. The fourth-order valence-electron chi connectivity index (χ4n) is 6.18. The van der Waals surface area contributed by atoms with E-state index < -0.39 is 48.0 Å². The minimum atomic E-state index is -1.14. The molecule has 6 amide bonds. The SMILES string of the molecule is CNCCN(C)C(=O)OCc1ccc(N(C(=O)[C@@H](NC(=O)OCC2c3ccccc3-c3ccccc32)C(C)C)[C@@H](CCCNC(N)=O)C(N)=O)cc1. The number of fused-ring (bicyclic) bond motifs is 3. The lowest BCUT2D eigenvalue weighted by Crippen LogP contribution is -2.57. The molecule has 0 bridgehead atoms. The van der Waals surface area contributed by atoms with Gasteiger partial charge >= 0.3 is 18.2 Å². The van der Waals surface area contributed by atoms with Gasteiger partial charge < -0.3 is 41.8 Å². The summed E-state index contributed by atoms with van der Waals surface area (Å²) in [6, 6.07) is 19.6. The molecule has 3 aromatic carbocycles. The molecule has 1 aliphatic rings. The minimum Gasteiger partial charge on any atom is -0.449 e. The average Bonchev–Trinajstić information content (AvgIpc) is 3.45. The van der Waals surface area contributed by atoms with Gasteiger partial charge in [-0.1, -0.05) is 74.5 Å². The van der Waals surface area contributed by atoms with E-state index in [1.165, 1.54) is 9.80 Å². The van der Waals surface area contributed by atoms with Crippen LogP contribution in [-0.2, 0) is 25.7 Å². The van der Waals surface area contributed by atoms with Crippen LogP contribution in [0.25, 0.3) is 11.1 Å². The lowest BCUT2D eigenvalue weighted by Gasteiger charge is -2.34. The number of nitrogens with two attached hydrogens (primary N) is 2. The van der Waals surface area contributed by atoms with Gasteiger partial charge in [0.05, 0.1) is 0 Å². The van der Waals surface area contributed by atoms with Crippen molar-refractivity contribution < 1.29 is 33.4 Å². The number of carbonyl (C=O) groups excluding carboxylic acids is 5. The second-order valence-corrected chi connectivity index (χ2v) is 13.0. The van der Waals surface area contributed by atoms with Gasteiger partial charge in [0.25, 0.3) is 5.91 Å². The maximum atomic E-state index is 14.4. The fraction of sp³-hybridized carbons (Fsp3) is 0.395. The monoisotopic (exact) mass is 715 g/mol. The average molecular weight is 716 g/mol. The molecular weight excluding hydrogens is 666 g/mol. The van der Waals surface area contributed by atoms with Crippen molar-refractivity contribution in [1.82, 2.24) is 20.9 Å². The first-order valence-electron chi connectivity index (χ1n) is 17.3. The first-order chi connectivity index (χ1) is 24.9. The van der Waals surface area contributed by atoms with Crippen LogP contribution in [0, 0.1) is 5.92 Å². The molecule has 0 fully saturated rings. The van der Waals surface area contributed by atoms with Gasteiger partial charge in [0.15, 0.2) is 0 Å². The number of hydrogen-bond donors (Lipinski definition) is 5. The normalized spacial score (nSPS) is 12.9. The van der Waals surface area contributed by atoms with E-state index in [2.05, 4.69) is 16.0 Å². The summed E-state index contributed by atoms with van der Waals surface area (Å²) in [4.78, 5) is 67.1. The van der Waals surface area contributed by atoms with Crippen molar-refractivity contribution in [2.45, 2.75) is 51.3 Å². The summed E-state index contributed by atoms with van der Waals surface area (Å²) in [5.74, 6) is -1.96. The maximum absolute atomic E-state index is 14.4. The van der Waals surface area contributed by atoms with Crippen LogP contribution in [0.4, 0.5) is 20.1 Å². The van der Waals surface area contributed by atoms with Gasteiger partial charge in [-0.3, -0.25) is 14.5 Å². The maximum Gasteiger partial charge on any atom is 0.409 e. The number of likely N-dealkylation sites (N-methyl/N-ethyl adjacent to an activating group) is 2. The molecule has 0 unspecified atom stereocenters. The van der Waals surface area contributed by atoms with Crippen LogP contribution in [0.1, 0.15) is 49.3 Å². The van der Waals surface area contributed by atoms with E-state index in [9.17, 15) is 24.0 Å². The molecule has 4 rings (SSSR count). The number of urea groups is 1. The molecule has 0 saturated heterocycles. The number of ether oxygens (including phenoxy) is 2. The van der Waals surface area contributed by atoms with Crippen molar-refractivity contribution in [2.24, 2.45) is 17.4 Å². The van der Waals surface area contributed by atoms with Gasteiger partial charge in [-0.2, -0.15) is 0 Å². The number of hydrogen-bond acceptors (Lipinski definition) is 8. The Kier molecular flexibility index (Phi) is 14.0. The topological polar surface area (TPSA) is 198 Å². The highest BCUT2D eigenvalue weighted by Gasteiger charge is 2.37. The predicted octanol–water partition coefficient (Wildman–Crippen LogP) is 3.67. The molecule has 3 aromatic rings. The Balaban J connectivity index is 1.53. The van der Waals surface area contributed by atoms with E-state index in [0.717, 1.165) is 22.3 Å². The van der Waals surface area contributed by atoms with Crippen molar-refractivity contribution in [3.05, 3.63) is 89.5 Å². The first kappa shape index (κ1) is 39.2. The molecule has 0 saturated carbocycles. The van der Waals surface area contributed by atoms with Gasteiger partial charge in [-0.05, 0) is 65.8 Å². The summed E-state index contributed by atoms with van der Waals surface area (Å²) < 4.78 is 11.2. The third-order valence-electron chi connectivity index (χ3n) is 8.97. The molecule has 1 aliphatic carbocycles. The molecular formula is C38H49N7O7. The van der Waals surface area contributed by atoms with E-state index in [1.807, 2.05) is 48.5 Å². The summed E-state index contributed by atoms with van der Waals surface area (Å²) in [7, 11) is 3.42. The largest absolute Gasteiger partial charge is 0.449 e. The van der Waals surface area contributed by atoms with Crippen molar-refractivity contribution in [3.63, 3.8) is 0 Å². The fourth-order valence-corrected chi connectivity index (χ4v) is 6.18. The number of anilines is 1. The van der Waals surface area contributed by atoms with E-state index in [1.54, 1.807) is 52.2 Å². The molecule has 0 aliphatic heterocycles. The number of primary amides is 2. The molecule has 0 aromatic heterocycles. The lowest BCUT2D eigenvalue weighted by molar-refractivity contribution is -0.126. The highest BCUT2D eigenvalue weighted by atomic mass is 16.6. The third kappa shape index (κ3) is 10.00. The standard InChI is InChI=1S/C38H49N7O7/c1-24(2)33(43-37(49)51-23-31-29-12-7-5-10-27(29)28-11-6-8-13-30(28)31)35(47)45(32(34(39)46)14-9-19-42-36(40)48)26-17-15-25(16-18-26)22-52-38(50)44(4)21-20-41-3/h5-8,10-13,15-18,24,31-33,41H,9,14,19-23H2,1-4H3,(H2,39,46)(H,43,49)(H3,40,42,48)/t32-,33-/m0/s1. The van der Waals surface area contributed by atoms with Gasteiger partial charge in [-0.15, -0.1) is 0 Å². The van der Waals surface area contributed by atoms with E-state index in [-0.39, 0.29) is 38.5 Å². The van der Waals surface area contributed by atoms with Crippen LogP contribution in [0.2, 0.25) is 0 Å². The van der Waals surface area contributed by atoms with Gasteiger partial charge in [-0.25, -0.2) is 14.4 Å². The number of nitrogens with one attached hydrogen (secondary N) is 3. The predicted molar refractivity (Wildman–Crippen MR) is 197 cm³/mol. The van der Waals surface area contributed by atoms with Crippen LogP contribution in [0.3, 0.4) is 0 Å². The molecule has 0 radical (unpaired) electrons. The number of carbonyl (C=O) groups is 5. The van der Waals surface area contributed by atoms with E-state index in [0.29, 0.717) is 24.3 Å². The minimum absolute atomic E-state index is 0.0209. The molecule has 2 atom stereocenters. The lowest BCUT2D eigenvalue weighted by atomic mass is 9.98. The Morgan fingerprint density at radius 1 is 0.846 bits per heavy atom. The molecule has 0 spiro atoms. The Hall–Kier alpha value is -5.63. The van der Waals surface area contributed by atoms with Crippen molar-refractivity contribution in [1.29, 1.82) is 0 Å². The van der Waals surface area contributed by atoms with E-state index in [4.69, 9.17) is 20.9 Å². The first-order valence-corrected chi connectivity index (χ1v) is 17.3. The quantitative estimate of drug-likeness (QED) is 0.130. The van der Waals surface area contributed by atoms with Crippen molar-refractivity contribution in [2.75, 3.05) is 45.2 Å². The molecule has 278 valence electrons. The third-order valence-corrected chi connectivity index (χ3v) is 8.97. The van der Waals surface area contributed by atoms with Crippen molar-refractivity contribution >= 4 is 35.7 Å². The summed E-state index contributed by atoms with van der Waals surface area (Å²) >= 11 is 0. The highest BCUT2D eigenvalue weighted by molar-refractivity contribution is 6.04. The van der Waals surface area contributed by atoms with Gasteiger partial charge in [0.1, 0.15) is 25.3 Å². The second-order valence-electron chi connectivity index (χ2n) is 13.0. The zero-order valence-corrected chi connectivity index (χ0v) is 30.1. The second kappa shape index (κ2) is 18.6. The Labute approximate surface area is 304 Å². The summed E-state index contributed by atoms with van der Waals surface area (Å²) in [6.07, 6.45) is -0.905. The van der Waals surface area contributed by atoms with Crippen molar-refractivity contribution in [3.8, 4) is 11.1 Å². The zero-order valence-electron chi connectivity index (χ0n) is 30.1. The molecule has 0 heterocycles. The van der Waals surface area contributed by atoms with Crippen LogP contribution < -0.4 is 32.3 Å². The van der Waals surface area contributed by atoms with Crippen LogP contribution >= 0.6 is 0 Å². The molecule has 14 nitrogen and oxygen atoms in total. The zero-order chi connectivity index (χ0) is 37.8. The Morgan fingerprint density at radius 3 is 2.02 bits per heavy atom. The number of rotatable bonds is 17.